The van der Waals surface area contributed by atoms with E-state index in [1.54, 1.807) is 0 Å². The minimum atomic E-state index is -4.77. The first-order valence-corrected chi connectivity index (χ1v) is 11.6. The van der Waals surface area contributed by atoms with E-state index in [4.69, 9.17) is 0 Å². The third-order valence-corrected chi connectivity index (χ3v) is 7.16. The van der Waals surface area contributed by atoms with Crippen molar-refractivity contribution in [2.24, 2.45) is 0 Å². The number of rotatable bonds is 5. The molecule has 0 radical (unpaired) electrons. The number of nitrogens with one attached hydrogen (secondary N) is 1. The van der Waals surface area contributed by atoms with Gasteiger partial charge in [0.25, 0.3) is 11.5 Å². The fourth-order valence-corrected chi connectivity index (χ4v) is 4.93. The second-order valence-corrected chi connectivity index (χ2v) is 9.89. The molecule has 1 amide bonds. The van der Waals surface area contributed by atoms with Gasteiger partial charge in [0.1, 0.15) is 11.2 Å². The van der Waals surface area contributed by atoms with Crippen LogP contribution < -0.4 is 11.0 Å². The van der Waals surface area contributed by atoms with Crippen LogP contribution in [-0.2, 0) is 9.84 Å². The van der Waals surface area contributed by atoms with Gasteiger partial charge in [-0.3, -0.25) is 15.0 Å². The lowest BCUT2D eigenvalue weighted by molar-refractivity contribution is 0.101. The summed E-state index contributed by atoms with van der Waals surface area (Å²) < 4.78 is 49.3. The Balaban J connectivity index is 1.69. The Kier molecular flexibility index (Phi) is 5.61. The summed E-state index contributed by atoms with van der Waals surface area (Å²) in [6.07, 6.45) is 1.18. The second kappa shape index (κ2) is 8.24. The Morgan fingerprint density at radius 1 is 1.09 bits per heavy atom. The van der Waals surface area contributed by atoms with Gasteiger partial charge in [0.15, 0.2) is 0 Å². The lowest BCUT2D eigenvalue weighted by Gasteiger charge is -2.09. The van der Waals surface area contributed by atoms with Crippen molar-refractivity contribution in [2.45, 2.75) is 17.6 Å². The van der Waals surface area contributed by atoms with Crippen LogP contribution in [0.5, 0.6) is 0 Å². The summed E-state index contributed by atoms with van der Waals surface area (Å²) in [5.41, 5.74) is 3.47. The molecule has 4 rings (SSSR count). The third-order valence-electron chi connectivity index (χ3n) is 4.75. The van der Waals surface area contributed by atoms with E-state index in [2.05, 4.69) is 10.4 Å². The van der Waals surface area contributed by atoms with Crippen molar-refractivity contribution in [1.29, 1.82) is 0 Å². The zero-order chi connectivity index (χ0) is 23.0. The number of benzene rings is 2. The van der Waals surface area contributed by atoms with E-state index in [-0.39, 0.29) is 5.56 Å². The number of amides is 1. The van der Waals surface area contributed by atoms with Gasteiger partial charge in [0, 0.05) is 16.0 Å². The number of alkyl halides is 2. The molecule has 2 aromatic carbocycles. The molecular formula is C21H15F2N3O4S2. The van der Waals surface area contributed by atoms with Gasteiger partial charge in [-0.25, -0.2) is 18.1 Å². The molecule has 0 bridgehead atoms. The van der Waals surface area contributed by atoms with Crippen LogP contribution in [0, 0.1) is 6.92 Å². The topological polar surface area (TPSA) is 98.1 Å². The van der Waals surface area contributed by atoms with Crippen molar-refractivity contribution in [1.82, 2.24) is 9.66 Å². The van der Waals surface area contributed by atoms with Crippen LogP contribution in [-0.4, -0.2) is 29.7 Å². The van der Waals surface area contributed by atoms with Gasteiger partial charge in [-0.15, -0.1) is 11.3 Å². The number of nitrogens with zero attached hydrogens (tertiary/aromatic N) is 2. The highest BCUT2D eigenvalue weighted by Crippen LogP contribution is 2.35. The molecule has 0 fully saturated rings. The number of thiophene rings is 1. The van der Waals surface area contributed by atoms with E-state index < -0.39 is 32.0 Å². The first-order valence-electron chi connectivity index (χ1n) is 9.20. The monoisotopic (exact) mass is 475 g/mol. The van der Waals surface area contributed by atoms with E-state index in [1.807, 2.05) is 37.3 Å². The van der Waals surface area contributed by atoms with Crippen LogP contribution in [0.25, 0.3) is 21.3 Å². The first kappa shape index (κ1) is 21.8. The molecular weight excluding hydrogens is 460 g/mol. The molecule has 2 aromatic heterocycles. The minimum Gasteiger partial charge on any atom is -0.267 e. The summed E-state index contributed by atoms with van der Waals surface area (Å²) >= 11 is 1.36. The molecule has 4 aromatic rings. The molecule has 7 nitrogen and oxygen atoms in total. The lowest BCUT2D eigenvalue weighted by Crippen LogP contribution is -2.33. The summed E-state index contributed by atoms with van der Waals surface area (Å²) in [5, 5.41) is 0.361. The van der Waals surface area contributed by atoms with Crippen LogP contribution in [0.15, 0.2) is 70.6 Å². The fraction of sp³-hybridized carbons (Fsp3) is 0.0952. The maximum absolute atomic E-state index is 13.1. The maximum atomic E-state index is 13.1. The number of fused-ring (bicyclic) bond motifs is 1. The zero-order valence-electron chi connectivity index (χ0n) is 16.5. The predicted octanol–water partition coefficient (Wildman–Crippen LogP) is 3.81. The van der Waals surface area contributed by atoms with Gasteiger partial charge >= 0.3 is 5.76 Å². The van der Waals surface area contributed by atoms with Crippen molar-refractivity contribution in [2.75, 3.05) is 5.43 Å². The summed E-state index contributed by atoms with van der Waals surface area (Å²) in [5.74, 6) is -4.30. The lowest BCUT2D eigenvalue weighted by atomic mass is 10.0. The molecule has 1 N–H and O–H groups in total. The molecule has 0 aliphatic heterocycles. The van der Waals surface area contributed by atoms with Gasteiger partial charge < -0.3 is 0 Å². The minimum absolute atomic E-state index is 0.0185. The van der Waals surface area contributed by atoms with Gasteiger partial charge in [-0.2, -0.15) is 8.78 Å². The highest BCUT2D eigenvalue weighted by atomic mass is 32.2. The van der Waals surface area contributed by atoms with Crippen molar-refractivity contribution in [3.8, 4) is 11.1 Å². The van der Waals surface area contributed by atoms with E-state index >= 15 is 0 Å². The van der Waals surface area contributed by atoms with Gasteiger partial charge in [-0.05, 0) is 36.8 Å². The summed E-state index contributed by atoms with van der Waals surface area (Å²) in [6, 6.07) is 13.3. The number of halogens is 2. The van der Waals surface area contributed by atoms with Crippen molar-refractivity contribution >= 4 is 37.3 Å². The first-order chi connectivity index (χ1) is 15.2. The third kappa shape index (κ3) is 3.80. The van der Waals surface area contributed by atoms with Gasteiger partial charge in [0.2, 0.25) is 9.84 Å². The fourth-order valence-electron chi connectivity index (χ4n) is 3.21. The molecule has 11 heteroatoms. The quantitative estimate of drug-likeness (QED) is 0.473. The molecule has 0 saturated carbocycles. The number of carbonyl (C=O) groups excluding carboxylic acids is 1. The SMILES string of the molecule is Cc1sc2ncn(NC(=O)c3ccc(S(=O)(=O)C(F)F)cc3)c(=O)c2c1-c1ccccc1. The molecule has 164 valence electrons. The summed E-state index contributed by atoms with van der Waals surface area (Å²) in [4.78, 5) is 30.8. The largest absolute Gasteiger partial charge is 0.341 e. The summed E-state index contributed by atoms with van der Waals surface area (Å²) in [6.45, 7) is 1.88. The Bertz CT molecular complexity index is 1480. The van der Waals surface area contributed by atoms with E-state index in [9.17, 15) is 26.8 Å². The van der Waals surface area contributed by atoms with Crippen LogP contribution in [0.1, 0.15) is 15.2 Å². The van der Waals surface area contributed by atoms with Crippen LogP contribution in [0.4, 0.5) is 8.78 Å². The van der Waals surface area contributed by atoms with E-state index in [1.165, 1.54) is 17.7 Å². The number of hydrogen-bond donors (Lipinski definition) is 1. The average molecular weight is 475 g/mol. The number of carbonyl (C=O) groups is 1. The van der Waals surface area contributed by atoms with Gasteiger partial charge in [0.05, 0.1) is 10.3 Å². The molecule has 0 atom stereocenters. The molecule has 0 saturated heterocycles. The molecule has 0 aliphatic rings. The highest BCUT2D eigenvalue weighted by molar-refractivity contribution is 7.91. The van der Waals surface area contributed by atoms with Crippen molar-refractivity contribution in [3.05, 3.63) is 81.7 Å². The molecule has 0 aliphatic carbocycles. The normalized spacial score (nSPS) is 11.8. The van der Waals surface area contributed by atoms with Crippen molar-refractivity contribution in [3.63, 3.8) is 0 Å². The number of hydrogen-bond acceptors (Lipinski definition) is 6. The molecule has 0 spiro atoms. The van der Waals surface area contributed by atoms with Gasteiger partial charge in [-0.1, -0.05) is 30.3 Å². The standard InChI is InChI=1S/C21H15F2N3O4S2/c1-12-16(13-5-3-2-4-6-13)17-19(31-12)24-11-26(20(17)28)25-18(27)14-7-9-15(10-8-14)32(29,30)21(22)23/h2-11,21H,1H3,(H,25,27). The number of sulfone groups is 1. The van der Waals surface area contributed by atoms with Crippen molar-refractivity contribution < 1.29 is 22.0 Å². The Morgan fingerprint density at radius 2 is 1.75 bits per heavy atom. The number of aromatic nitrogens is 2. The zero-order valence-corrected chi connectivity index (χ0v) is 18.1. The predicted molar refractivity (Wildman–Crippen MR) is 117 cm³/mol. The van der Waals surface area contributed by atoms with E-state index in [0.717, 1.165) is 44.9 Å². The Morgan fingerprint density at radius 3 is 2.38 bits per heavy atom. The smallest absolute Gasteiger partial charge is 0.267 e. The average Bonchev–Trinajstić information content (AvgIpc) is 3.13. The van der Waals surface area contributed by atoms with Crippen LogP contribution in [0.3, 0.4) is 0 Å². The molecule has 0 unspecified atom stereocenters. The Hall–Kier alpha value is -3.44. The molecule has 32 heavy (non-hydrogen) atoms. The molecule has 2 heterocycles. The summed E-state index contributed by atoms with van der Waals surface area (Å²) in [7, 11) is -4.77. The van der Waals surface area contributed by atoms with E-state index in [0.29, 0.717) is 10.2 Å². The Labute approximate surface area is 184 Å². The van der Waals surface area contributed by atoms with Crippen LogP contribution >= 0.6 is 11.3 Å². The number of aryl methyl sites for hydroxylation is 1. The highest BCUT2D eigenvalue weighted by Gasteiger charge is 2.26. The van der Waals surface area contributed by atoms with Crippen LogP contribution in [0.2, 0.25) is 0 Å². The second-order valence-electron chi connectivity index (χ2n) is 6.77. The maximum Gasteiger partial charge on any atom is 0.341 e.